The van der Waals surface area contributed by atoms with Gasteiger partial charge in [-0.1, -0.05) is 48.5 Å². The van der Waals surface area contributed by atoms with Gasteiger partial charge in [0.15, 0.2) is 5.69 Å². The van der Waals surface area contributed by atoms with E-state index in [1.807, 2.05) is 6.07 Å². The van der Waals surface area contributed by atoms with Crippen LogP contribution in [0.1, 0.15) is 49.3 Å². The molecule has 0 aliphatic heterocycles. The van der Waals surface area contributed by atoms with Crippen molar-refractivity contribution < 1.29 is 5.11 Å². The van der Waals surface area contributed by atoms with E-state index in [-0.39, 0.29) is 33.8 Å². The summed E-state index contributed by atoms with van der Waals surface area (Å²) in [6, 6.07) is 6.74. The molecule has 1 aliphatic rings. The number of aromatic nitrogens is 1. The highest BCUT2D eigenvalue weighted by Crippen LogP contribution is 2.36. The first kappa shape index (κ1) is 19.4. The molecular weight excluding hydrogens is 387 g/mol. The Balaban J connectivity index is 2.15. The van der Waals surface area contributed by atoms with Crippen LogP contribution in [0.5, 0.6) is 5.88 Å². The molecule has 1 fully saturated rings. The molecule has 1 aromatic carbocycles. The SMILES string of the molecule is Cc1c(C#N)c(O)n(C2CCCCC2)c(=O)c1N=Nc1cccc(Cl)c1Cl. The lowest BCUT2D eigenvalue weighted by molar-refractivity contribution is 0.303. The molecule has 27 heavy (non-hydrogen) atoms. The molecule has 0 unspecified atom stereocenters. The van der Waals surface area contributed by atoms with Gasteiger partial charge in [-0.25, -0.2) is 0 Å². The molecule has 6 nitrogen and oxygen atoms in total. The van der Waals surface area contributed by atoms with Crippen LogP contribution in [0.2, 0.25) is 10.0 Å². The fourth-order valence-corrected chi connectivity index (χ4v) is 3.71. The number of nitriles is 1. The van der Waals surface area contributed by atoms with Crippen molar-refractivity contribution in [1.29, 1.82) is 5.26 Å². The minimum atomic E-state index is -0.460. The van der Waals surface area contributed by atoms with Crippen molar-refractivity contribution >= 4 is 34.6 Å². The summed E-state index contributed by atoms with van der Waals surface area (Å²) in [6.45, 7) is 1.57. The van der Waals surface area contributed by atoms with Gasteiger partial charge in [0.25, 0.3) is 5.56 Å². The zero-order chi connectivity index (χ0) is 19.6. The van der Waals surface area contributed by atoms with Gasteiger partial charge in [-0.3, -0.25) is 9.36 Å². The molecule has 1 heterocycles. The molecule has 0 amide bonds. The number of halogens is 2. The van der Waals surface area contributed by atoms with Crippen LogP contribution in [0.15, 0.2) is 33.2 Å². The summed E-state index contributed by atoms with van der Waals surface area (Å²) in [5, 5.41) is 28.7. The third-order valence-corrected chi connectivity index (χ3v) is 5.65. The molecule has 3 rings (SSSR count). The molecule has 1 aromatic heterocycles. The second-order valence-corrected chi connectivity index (χ2v) is 7.31. The summed E-state index contributed by atoms with van der Waals surface area (Å²) in [5.74, 6) is -0.299. The number of hydrogen-bond acceptors (Lipinski definition) is 5. The van der Waals surface area contributed by atoms with Crippen molar-refractivity contribution in [2.24, 2.45) is 10.2 Å². The number of aromatic hydroxyl groups is 1. The highest BCUT2D eigenvalue weighted by atomic mass is 35.5. The van der Waals surface area contributed by atoms with Crippen LogP contribution in [-0.2, 0) is 0 Å². The van der Waals surface area contributed by atoms with E-state index < -0.39 is 5.56 Å². The standard InChI is InChI=1S/C19H18Cl2N4O2/c1-11-13(10-22)18(26)25(12-6-3-2-4-7-12)19(27)17(11)24-23-15-9-5-8-14(20)16(15)21/h5,8-9,12,26H,2-4,6-7H2,1H3. The predicted molar refractivity (Wildman–Crippen MR) is 105 cm³/mol. The van der Waals surface area contributed by atoms with Crippen LogP contribution in [0, 0.1) is 18.3 Å². The van der Waals surface area contributed by atoms with E-state index in [1.165, 1.54) is 4.57 Å². The van der Waals surface area contributed by atoms with Crippen molar-refractivity contribution in [1.82, 2.24) is 4.57 Å². The van der Waals surface area contributed by atoms with Gasteiger partial charge in [-0.15, -0.1) is 10.2 Å². The average Bonchev–Trinajstić information content (AvgIpc) is 2.66. The topological polar surface area (TPSA) is 90.7 Å². The van der Waals surface area contributed by atoms with E-state index in [1.54, 1.807) is 25.1 Å². The van der Waals surface area contributed by atoms with Crippen molar-refractivity contribution in [3.8, 4) is 11.9 Å². The molecule has 140 valence electrons. The fourth-order valence-electron chi connectivity index (χ4n) is 3.38. The van der Waals surface area contributed by atoms with Gasteiger partial charge in [0.1, 0.15) is 17.3 Å². The predicted octanol–water partition coefficient (Wildman–Crippen LogP) is 5.96. The lowest BCUT2D eigenvalue weighted by Crippen LogP contribution is -2.27. The summed E-state index contributed by atoms with van der Waals surface area (Å²) in [7, 11) is 0. The third-order valence-electron chi connectivity index (χ3n) is 4.84. The highest BCUT2D eigenvalue weighted by molar-refractivity contribution is 6.43. The first-order valence-electron chi connectivity index (χ1n) is 8.69. The Bertz CT molecular complexity index is 1000. The molecular formula is C19H18Cl2N4O2. The smallest absolute Gasteiger partial charge is 0.281 e. The van der Waals surface area contributed by atoms with Crippen molar-refractivity contribution in [3.05, 3.63) is 49.7 Å². The highest BCUT2D eigenvalue weighted by Gasteiger charge is 2.25. The van der Waals surface area contributed by atoms with Crippen molar-refractivity contribution in [2.75, 3.05) is 0 Å². The van der Waals surface area contributed by atoms with E-state index in [2.05, 4.69) is 10.2 Å². The van der Waals surface area contributed by atoms with E-state index in [4.69, 9.17) is 23.2 Å². The minimum Gasteiger partial charge on any atom is -0.493 e. The van der Waals surface area contributed by atoms with E-state index in [0.717, 1.165) is 32.1 Å². The Morgan fingerprint density at radius 3 is 2.59 bits per heavy atom. The normalized spacial score (nSPS) is 15.2. The summed E-state index contributed by atoms with van der Waals surface area (Å²) in [6.07, 6.45) is 4.60. The molecule has 0 saturated heterocycles. The lowest BCUT2D eigenvalue weighted by Gasteiger charge is -2.25. The van der Waals surface area contributed by atoms with Crippen molar-refractivity contribution in [3.63, 3.8) is 0 Å². The van der Waals surface area contributed by atoms with Crippen LogP contribution < -0.4 is 5.56 Å². The lowest BCUT2D eigenvalue weighted by atomic mass is 9.94. The Morgan fingerprint density at radius 1 is 1.22 bits per heavy atom. The Hall–Kier alpha value is -2.36. The second kappa shape index (κ2) is 8.12. The van der Waals surface area contributed by atoms with Crippen molar-refractivity contribution in [2.45, 2.75) is 45.1 Å². The second-order valence-electron chi connectivity index (χ2n) is 6.52. The van der Waals surface area contributed by atoms with E-state index in [0.29, 0.717) is 10.7 Å². The van der Waals surface area contributed by atoms with Gasteiger partial charge in [0.05, 0.1) is 10.0 Å². The maximum atomic E-state index is 13.0. The molecule has 0 radical (unpaired) electrons. The van der Waals surface area contributed by atoms with Gasteiger partial charge in [0, 0.05) is 11.6 Å². The maximum absolute atomic E-state index is 13.0. The zero-order valence-electron chi connectivity index (χ0n) is 14.7. The van der Waals surface area contributed by atoms with Crippen LogP contribution >= 0.6 is 23.2 Å². The van der Waals surface area contributed by atoms with Crippen LogP contribution in [0.25, 0.3) is 0 Å². The summed E-state index contributed by atoms with van der Waals surface area (Å²) in [4.78, 5) is 13.0. The summed E-state index contributed by atoms with van der Waals surface area (Å²) in [5.41, 5.74) is 0.197. The maximum Gasteiger partial charge on any atom is 0.281 e. The van der Waals surface area contributed by atoms with Crippen LogP contribution in [0.4, 0.5) is 11.4 Å². The molecule has 1 aliphatic carbocycles. The van der Waals surface area contributed by atoms with Gasteiger partial charge in [0.2, 0.25) is 5.88 Å². The number of azo groups is 1. The molecule has 2 aromatic rings. The van der Waals surface area contributed by atoms with Gasteiger partial charge >= 0.3 is 0 Å². The van der Waals surface area contributed by atoms with Crippen LogP contribution in [-0.4, -0.2) is 9.67 Å². The summed E-state index contributed by atoms with van der Waals surface area (Å²) < 4.78 is 1.29. The van der Waals surface area contributed by atoms with E-state index >= 15 is 0 Å². The zero-order valence-corrected chi connectivity index (χ0v) is 16.3. The number of nitrogens with zero attached hydrogens (tertiary/aromatic N) is 4. The number of rotatable bonds is 3. The monoisotopic (exact) mass is 404 g/mol. The molecule has 8 heteroatoms. The molecule has 0 bridgehead atoms. The molecule has 1 N–H and O–H groups in total. The van der Waals surface area contributed by atoms with Gasteiger partial charge in [-0.05, 0) is 31.9 Å². The molecule has 0 spiro atoms. The first-order valence-corrected chi connectivity index (χ1v) is 9.45. The Labute approximate surface area is 166 Å². The number of hydrogen-bond donors (Lipinski definition) is 1. The molecule has 1 saturated carbocycles. The minimum absolute atomic E-state index is 0.0194. The third kappa shape index (κ3) is 3.71. The first-order chi connectivity index (χ1) is 13.0. The summed E-state index contributed by atoms with van der Waals surface area (Å²) >= 11 is 12.1. The molecule has 0 atom stereocenters. The Morgan fingerprint density at radius 2 is 1.93 bits per heavy atom. The van der Waals surface area contributed by atoms with Crippen LogP contribution in [0.3, 0.4) is 0 Å². The largest absolute Gasteiger partial charge is 0.493 e. The van der Waals surface area contributed by atoms with Gasteiger partial charge < -0.3 is 5.11 Å². The number of pyridine rings is 1. The number of benzene rings is 1. The quantitative estimate of drug-likeness (QED) is 0.639. The van der Waals surface area contributed by atoms with E-state index in [9.17, 15) is 15.2 Å². The average molecular weight is 405 g/mol. The van der Waals surface area contributed by atoms with Gasteiger partial charge in [-0.2, -0.15) is 5.26 Å². The Kier molecular flexibility index (Phi) is 5.83. The fraction of sp³-hybridized carbons (Fsp3) is 0.368.